The number of nitrogens with two attached hydrogens (primary N) is 1. The molecule has 6 heteroatoms. The van der Waals surface area contributed by atoms with Gasteiger partial charge in [-0.05, 0) is 25.7 Å². The molecular formula is C13H27Cl2N3O. The van der Waals surface area contributed by atoms with Gasteiger partial charge in [0.1, 0.15) is 0 Å². The fraction of sp³-hybridized carbons (Fsp3) is 0.923. The molecule has 0 bridgehead atoms. The van der Waals surface area contributed by atoms with Crippen LogP contribution >= 0.6 is 24.8 Å². The summed E-state index contributed by atoms with van der Waals surface area (Å²) in [6.45, 7) is 3.89. The predicted molar refractivity (Wildman–Crippen MR) is 82.6 cm³/mol. The molecule has 1 aliphatic carbocycles. The number of hydrazine groups is 1. The number of hydrogen-bond donors (Lipinski definition) is 2. The molecule has 1 heterocycles. The molecule has 2 fully saturated rings. The van der Waals surface area contributed by atoms with E-state index in [2.05, 4.69) is 12.3 Å². The third-order valence-corrected chi connectivity index (χ3v) is 4.30. The van der Waals surface area contributed by atoms with E-state index in [0.717, 1.165) is 38.8 Å². The van der Waals surface area contributed by atoms with E-state index in [9.17, 15) is 4.79 Å². The minimum atomic E-state index is -0.141. The van der Waals surface area contributed by atoms with Gasteiger partial charge in [0.05, 0.1) is 0 Å². The summed E-state index contributed by atoms with van der Waals surface area (Å²) in [5, 5.41) is 2.05. The number of hydrogen-bond acceptors (Lipinski definition) is 3. The number of amides is 1. The standard InChI is InChI=1S/C13H25N3O.2ClH/c1-13(7-3-2-4-8-13)12(17)15-16-9-5-11(14)6-10-16;;/h11H,2-10,14H2,1H3,(H,15,17);2*1H. The van der Waals surface area contributed by atoms with Crippen molar-refractivity contribution in [3.63, 3.8) is 0 Å². The highest BCUT2D eigenvalue weighted by molar-refractivity contribution is 5.85. The summed E-state index contributed by atoms with van der Waals surface area (Å²) < 4.78 is 0. The van der Waals surface area contributed by atoms with E-state index in [1.807, 2.05) is 5.01 Å². The van der Waals surface area contributed by atoms with Crippen LogP contribution in [-0.4, -0.2) is 30.0 Å². The molecule has 2 aliphatic rings. The van der Waals surface area contributed by atoms with Crippen molar-refractivity contribution in [2.75, 3.05) is 13.1 Å². The van der Waals surface area contributed by atoms with Crippen molar-refractivity contribution in [3.8, 4) is 0 Å². The van der Waals surface area contributed by atoms with Crippen molar-refractivity contribution >= 4 is 30.7 Å². The van der Waals surface area contributed by atoms with E-state index in [1.54, 1.807) is 0 Å². The van der Waals surface area contributed by atoms with Gasteiger partial charge in [0.2, 0.25) is 5.91 Å². The minimum Gasteiger partial charge on any atom is -0.328 e. The van der Waals surface area contributed by atoms with Gasteiger partial charge in [0.25, 0.3) is 0 Å². The molecule has 1 saturated heterocycles. The average molecular weight is 312 g/mol. The normalized spacial score (nSPS) is 23.9. The number of rotatable bonds is 2. The maximum absolute atomic E-state index is 12.3. The highest BCUT2D eigenvalue weighted by Gasteiger charge is 2.35. The maximum atomic E-state index is 12.3. The first kappa shape index (κ1) is 19.0. The molecule has 0 aromatic heterocycles. The largest absolute Gasteiger partial charge is 0.328 e. The van der Waals surface area contributed by atoms with Gasteiger partial charge in [0.15, 0.2) is 0 Å². The second kappa shape index (κ2) is 8.30. The number of nitrogens with zero attached hydrogens (tertiary/aromatic N) is 1. The Kier molecular flexibility index (Phi) is 8.29. The Bertz CT molecular complexity index is 275. The quantitative estimate of drug-likeness (QED) is 0.822. The first-order valence-corrected chi connectivity index (χ1v) is 6.92. The molecule has 2 rings (SSSR count). The third-order valence-electron chi connectivity index (χ3n) is 4.30. The smallest absolute Gasteiger partial charge is 0.240 e. The Labute approximate surface area is 128 Å². The summed E-state index contributed by atoms with van der Waals surface area (Å²) in [5.74, 6) is 0.215. The molecular weight excluding hydrogens is 285 g/mol. The molecule has 1 aliphatic heterocycles. The van der Waals surface area contributed by atoms with Gasteiger partial charge in [-0.1, -0.05) is 26.2 Å². The van der Waals surface area contributed by atoms with E-state index < -0.39 is 0 Å². The van der Waals surface area contributed by atoms with Gasteiger partial charge in [-0.2, -0.15) is 0 Å². The van der Waals surface area contributed by atoms with E-state index in [4.69, 9.17) is 5.73 Å². The zero-order valence-electron chi connectivity index (χ0n) is 11.7. The van der Waals surface area contributed by atoms with E-state index >= 15 is 0 Å². The van der Waals surface area contributed by atoms with E-state index in [0.29, 0.717) is 6.04 Å². The fourth-order valence-corrected chi connectivity index (χ4v) is 2.85. The van der Waals surface area contributed by atoms with Crippen molar-refractivity contribution in [3.05, 3.63) is 0 Å². The summed E-state index contributed by atoms with van der Waals surface area (Å²) >= 11 is 0. The summed E-state index contributed by atoms with van der Waals surface area (Å²) in [4.78, 5) is 12.3. The lowest BCUT2D eigenvalue weighted by Gasteiger charge is -2.36. The molecule has 1 saturated carbocycles. The number of carbonyl (C=O) groups excluding carboxylic acids is 1. The number of halogens is 2. The molecule has 0 unspecified atom stereocenters. The summed E-state index contributed by atoms with van der Waals surface area (Å²) in [6, 6.07) is 0.313. The average Bonchev–Trinajstić information content (AvgIpc) is 2.33. The Morgan fingerprint density at radius 1 is 1.16 bits per heavy atom. The second-order valence-corrected chi connectivity index (χ2v) is 5.89. The molecule has 3 N–H and O–H groups in total. The van der Waals surface area contributed by atoms with Gasteiger partial charge in [-0.15, -0.1) is 24.8 Å². The van der Waals surface area contributed by atoms with Crippen molar-refractivity contribution in [1.82, 2.24) is 10.4 Å². The monoisotopic (exact) mass is 311 g/mol. The van der Waals surface area contributed by atoms with Crippen LogP contribution in [0.5, 0.6) is 0 Å². The lowest BCUT2D eigenvalue weighted by Crippen LogP contribution is -2.53. The van der Waals surface area contributed by atoms with Crippen LogP contribution in [0.15, 0.2) is 0 Å². The maximum Gasteiger partial charge on any atom is 0.240 e. The highest BCUT2D eigenvalue weighted by Crippen LogP contribution is 2.35. The SMILES string of the molecule is CC1(C(=O)NN2CCC(N)CC2)CCCCC1.Cl.Cl. The predicted octanol–water partition coefficient (Wildman–Crippen LogP) is 2.25. The molecule has 0 spiro atoms. The zero-order valence-corrected chi connectivity index (χ0v) is 13.3. The Morgan fingerprint density at radius 3 is 2.21 bits per heavy atom. The molecule has 0 atom stereocenters. The molecule has 4 nitrogen and oxygen atoms in total. The van der Waals surface area contributed by atoms with Gasteiger partial charge < -0.3 is 5.73 Å². The van der Waals surface area contributed by atoms with Crippen molar-refractivity contribution in [1.29, 1.82) is 0 Å². The lowest BCUT2D eigenvalue weighted by atomic mass is 9.75. The topological polar surface area (TPSA) is 58.4 Å². The van der Waals surface area contributed by atoms with Crippen LogP contribution in [-0.2, 0) is 4.79 Å². The molecule has 0 aromatic rings. The molecule has 1 amide bonds. The van der Waals surface area contributed by atoms with E-state index in [1.165, 1.54) is 19.3 Å². The van der Waals surface area contributed by atoms with Crippen molar-refractivity contribution in [2.24, 2.45) is 11.1 Å². The van der Waals surface area contributed by atoms with Gasteiger partial charge >= 0.3 is 0 Å². The lowest BCUT2D eigenvalue weighted by molar-refractivity contribution is -0.137. The minimum absolute atomic E-state index is 0. The van der Waals surface area contributed by atoms with Crippen LogP contribution < -0.4 is 11.2 Å². The molecule has 0 aromatic carbocycles. The van der Waals surface area contributed by atoms with Crippen LogP contribution in [0, 0.1) is 5.41 Å². The van der Waals surface area contributed by atoms with Crippen LogP contribution in [0.25, 0.3) is 0 Å². The number of carbonyl (C=O) groups is 1. The Balaban J connectivity index is 0.00000162. The van der Waals surface area contributed by atoms with Crippen LogP contribution in [0.1, 0.15) is 51.9 Å². The number of piperidine rings is 1. The van der Waals surface area contributed by atoms with Gasteiger partial charge in [0, 0.05) is 24.5 Å². The molecule has 19 heavy (non-hydrogen) atoms. The Morgan fingerprint density at radius 2 is 1.68 bits per heavy atom. The van der Waals surface area contributed by atoms with Crippen LogP contribution in [0.3, 0.4) is 0 Å². The van der Waals surface area contributed by atoms with Crippen molar-refractivity contribution < 1.29 is 4.79 Å². The first-order valence-electron chi connectivity index (χ1n) is 6.92. The zero-order chi connectivity index (χ0) is 12.3. The second-order valence-electron chi connectivity index (χ2n) is 5.89. The summed E-state index contributed by atoms with van der Waals surface area (Å²) in [6.07, 6.45) is 7.69. The molecule has 0 radical (unpaired) electrons. The van der Waals surface area contributed by atoms with E-state index in [-0.39, 0.29) is 36.1 Å². The van der Waals surface area contributed by atoms with Crippen LogP contribution in [0.2, 0.25) is 0 Å². The first-order chi connectivity index (χ1) is 8.10. The molecule has 114 valence electrons. The fourth-order valence-electron chi connectivity index (χ4n) is 2.85. The third kappa shape index (κ3) is 5.10. The number of nitrogens with one attached hydrogen (secondary N) is 1. The summed E-state index contributed by atoms with van der Waals surface area (Å²) in [5.41, 5.74) is 8.80. The van der Waals surface area contributed by atoms with Crippen molar-refractivity contribution in [2.45, 2.75) is 57.9 Å². The van der Waals surface area contributed by atoms with Gasteiger partial charge in [-0.3, -0.25) is 10.2 Å². The Hall–Kier alpha value is -0.0300. The highest BCUT2D eigenvalue weighted by atomic mass is 35.5. The van der Waals surface area contributed by atoms with Crippen LogP contribution in [0.4, 0.5) is 0 Å². The van der Waals surface area contributed by atoms with Gasteiger partial charge in [-0.25, -0.2) is 5.01 Å². The summed E-state index contributed by atoms with van der Waals surface area (Å²) in [7, 11) is 0.